The van der Waals surface area contributed by atoms with Gasteiger partial charge in [0.2, 0.25) is 0 Å². The monoisotopic (exact) mass is 222 g/mol. The van der Waals surface area contributed by atoms with Crippen molar-refractivity contribution < 1.29 is 18.9 Å². The first-order valence-electron chi connectivity index (χ1n) is 5.44. The maximum Gasteiger partial charge on any atom is 0.197 e. The Morgan fingerprint density at radius 1 is 0.875 bits per heavy atom. The van der Waals surface area contributed by atoms with E-state index in [1.165, 1.54) is 0 Å². The van der Waals surface area contributed by atoms with Crippen LogP contribution in [0.2, 0.25) is 0 Å². The van der Waals surface area contributed by atoms with Crippen molar-refractivity contribution in [3.63, 3.8) is 0 Å². The van der Waals surface area contributed by atoms with E-state index in [1.54, 1.807) is 0 Å². The zero-order valence-electron chi connectivity index (χ0n) is 9.36. The predicted molar refractivity (Wildman–Crippen MR) is 56.2 cm³/mol. The van der Waals surface area contributed by atoms with Crippen LogP contribution in [0.5, 0.6) is 11.5 Å². The molecule has 1 aromatic rings. The van der Waals surface area contributed by atoms with Crippen LogP contribution in [0.25, 0.3) is 0 Å². The second-order valence-electron chi connectivity index (χ2n) is 4.06. The highest BCUT2D eigenvalue weighted by molar-refractivity contribution is 5.47. The lowest BCUT2D eigenvalue weighted by molar-refractivity contribution is -0.102. The van der Waals surface area contributed by atoms with Crippen LogP contribution in [-0.2, 0) is 22.7 Å². The first-order valence-corrected chi connectivity index (χ1v) is 5.44. The van der Waals surface area contributed by atoms with Gasteiger partial charge in [-0.25, -0.2) is 0 Å². The molecule has 2 atom stereocenters. The third-order valence-electron chi connectivity index (χ3n) is 2.78. The van der Waals surface area contributed by atoms with Gasteiger partial charge in [0.1, 0.15) is 11.5 Å². The van der Waals surface area contributed by atoms with Gasteiger partial charge in [0.15, 0.2) is 12.6 Å². The first-order chi connectivity index (χ1) is 7.72. The number of hydrogen-bond acceptors (Lipinski definition) is 4. The summed E-state index contributed by atoms with van der Waals surface area (Å²) in [5.74, 6) is 1.75. The van der Waals surface area contributed by atoms with Crippen LogP contribution in [0.4, 0.5) is 0 Å². The molecule has 0 saturated carbocycles. The Hall–Kier alpha value is -1.26. The quantitative estimate of drug-likeness (QED) is 0.674. The van der Waals surface area contributed by atoms with Gasteiger partial charge in [-0.2, -0.15) is 0 Å². The summed E-state index contributed by atoms with van der Waals surface area (Å²) in [5.41, 5.74) is 2.07. The average molecular weight is 222 g/mol. The van der Waals surface area contributed by atoms with E-state index in [4.69, 9.17) is 18.9 Å². The molecule has 86 valence electrons. The molecule has 4 nitrogen and oxygen atoms in total. The van der Waals surface area contributed by atoms with Crippen molar-refractivity contribution in [3.05, 3.63) is 23.3 Å². The van der Waals surface area contributed by atoms with Crippen molar-refractivity contribution in [1.29, 1.82) is 0 Å². The van der Waals surface area contributed by atoms with Gasteiger partial charge in [0, 0.05) is 11.1 Å². The Balaban J connectivity index is 1.99. The molecule has 0 bridgehead atoms. The van der Waals surface area contributed by atoms with Gasteiger partial charge < -0.3 is 18.9 Å². The summed E-state index contributed by atoms with van der Waals surface area (Å²) < 4.78 is 22.0. The maximum atomic E-state index is 5.59. The van der Waals surface area contributed by atoms with E-state index in [9.17, 15) is 0 Å². The molecule has 0 radical (unpaired) electrons. The van der Waals surface area contributed by atoms with Crippen LogP contribution >= 0.6 is 0 Å². The van der Waals surface area contributed by atoms with Crippen molar-refractivity contribution >= 4 is 0 Å². The summed E-state index contributed by atoms with van der Waals surface area (Å²) in [6, 6.07) is 3.96. The third kappa shape index (κ3) is 1.64. The molecule has 2 aliphatic heterocycles. The largest absolute Gasteiger partial charge is 0.465 e. The molecule has 2 heterocycles. The number of ether oxygens (including phenoxy) is 4. The zero-order valence-corrected chi connectivity index (χ0v) is 9.36. The Morgan fingerprint density at radius 2 is 1.31 bits per heavy atom. The standard InChI is InChI=1S/C12H14O4/c1-7-13-5-9-4-12-10(3-11(9)15-7)6-14-8(2)16-12/h3-4,7-8H,5-6H2,1-2H3/t7-,8+. The molecule has 0 aromatic heterocycles. The lowest BCUT2D eigenvalue weighted by atomic mass is 10.1. The lowest BCUT2D eigenvalue weighted by Crippen LogP contribution is -2.25. The Labute approximate surface area is 94.1 Å². The van der Waals surface area contributed by atoms with E-state index < -0.39 is 0 Å². The molecule has 0 saturated heterocycles. The van der Waals surface area contributed by atoms with Gasteiger partial charge in [0.25, 0.3) is 0 Å². The van der Waals surface area contributed by atoms with E-state index in [2.05, 4.69) is 0 Å². The van der Waals surface area contributed by atoms with Crippen molar-refractivity contribution in [2.45, 2.75) is 39.6 Å². The van der Waals surface area contributed by atoms with E-state index >= 15 is 0 Å². The highest BCUT2D eigenvalue weighted by atomic mass is 16.7. The van der Waals surface area contributed by atoms with Gasteiger partial charge in [-0.15, -0.1) is 0 Å². The summed E-state index contributed by atoms with van der Waals surface area (Å²) >= 11 is 0. The number of fused-ring (bicyclic) bond motifs is 2. The molecule has 4 heteroatoms. The van der Waals surface area contributed by atoms with Crippen LogP contribution in [0.15, 0.2) is 12.1 Å². The van der Waals surface area contributed by atoms with Crippen LogP contribution in [0.1, 0.15) is 25.0 Å². The number of rotatable bonds is 0. The molecule has 0 fully saturated rings. The molecule has 3 rings (SSSR count). The van der Waals surface area contributed by atoms with Gasteiger partial charge in [0.05, 0.1) is 13.2 Å². The molecular formula is C12H14O4. The van der Waals surface area contributed by atoms with E-state index in [0.29, 0.717) is 13.2 Å². The molecule has 16 heavy (non-hydrogen) atoms. The van der Waals surface area contributed by atoms with Crippen LogP contribution < -0.4 is 9.47 Å². The lowest BCUT2D eigenvalue weighted by Gasteiger charge is -2.28. The minimum Gasteiger partial charge on any atom is -0.465 e. The highest BCUT2D eigenvalue weighted by Gasteiger charge is 2.23. The second kappa shape index (κ2) is 3.64. The van der Waals surface area contributed by atoms with Crippen molar-refractivity contribution in [3.8, 4) is 11.5 Å². The molecule has 0 aliphatic carbocycles. The fourth-order valence-electron chi connectivity index (χ4n) is 1.93. The molecule has 2 aliphatic rings. The van der Waals surface area contributed by atoms with Crippen LogP contribution in [0, 0.1) is 0 Å². The predicted octanol–water partition coefficient (Wildman–Crippen LogP) is 2.20. The SMILES string of the molecule is C[C@@H]1OCc2cc3c(cc2O1)CO[C@H](C)O3. The Kier molecular flexibility index (Phi) is 2.26. The van der Waals surface area contributed by atoms with Crippen LogP contribution in [0.3, 0.4) is 0 Å². The molecule has 0 spiro atoms. The zero-order chi connectivity index (χ0) is 11.1. The van der Waals surface area contributed by atoms with Crippen molar-refractivity contribution in [1.82, 2.24) is 0 Å². The smallest absolute Gasteiger partial charge is 0.197 e. The van der Waals surface area contributed by atoms with E-state index in [1.807, 2.05) is 26.0 Å². The summed E-state index contributed by atoms with van der Waals surface area (Å²) in [6.45, 7) is 4.92. The molecule has 1 aromatic carbocycles. The minimum absolute atomic E-state index is 0.185. The topological polar surface area (TPSA) is 36.9 Å². The summed E-state index contributed by atoms with van der Waals surface area (Å²) in [6.07, 6.45) is -0.371. The van der Waals surface area contributed by atoms with E-state index in [-0.39, 0.29) is 12.6 Å². The summed E-state index contributed by atoms with van der Waals surface area (Å²) in [4.78, 5) is 0. The van der Waals surface area contributed by atoms with Gasteiger partial charge in [-0.05, 0) is 26.0 Å². The van der Waals surface area contributed by atoms with Gasteiger partial charge in [-0.1, -0.05) is 0 Å². The Morgan fingerprint density at radius 3 is 1.75 bits per heavy atom. The van der Waals surface area contributed by atoms with E-state index in [0.717, 1.165) is 22.6 Å². The molecule has 0 unspecified atom stereocenters. The molecule has 0 amide bonds. The minimum atomic E-state index is -0.185. The highest BCUT2D eigenvalue weighted by Crippen LogP contribution is 2.35. The molecular weight excluding hydrogens is 208 g/mol. The fourth-order valence-corrected chi connectivity index (χ4v) is 1.93. The normalized spacial score (nSPS) is 27.4. The molecule has 0 N–H and O–H groups in total. The van der Waals surface area contributed by atoms with Crippen molar-refractivity contribution in [2.75, 3.05) is 0 Å². The third-order valence-corrected chi connectivity index (χ3v) is 2.78. The van der Waals surface area contributed by atoms with Crippen LogP contribution in [-0.4, -0.2) is 12.6 Å². The maximum absolute atomic E-state index is 5.59. The second-order valence-corrected chi connectivity index (χ2v) is 4.06. The Bertz CT molecular complexity index is 376. The van der Waals surface area contributed by atoms with Gasteiger partial charge >= 0.3 is 0 Å². The number of hydrogen-bond donors (Lipinski definition) is 0. The van der Waals surface area contributed by atoms with Gasteiger partial charge in [-0.3, -0.25) is 0 Å². The summed E-state index contributed by atoms with van der Waals surface area (Å²) in [7, 11) is 0. The summed E-state index contributed by atoms with van der Waals surface area (Å²) in [5, 5.41) is 0. The number of benzene rings is 1. The first kappa shape index (κ1) is 9.93. The average Bonchev–Trinajstić information content (AvgIpc) is 2.26. The fraction of sp³-hybridized carbons (Fsp3) is 0.500. The van der Waals surface area contributed by atoms with Crippen molar-refractivity contribution in [2.24, 2.45) is 0 Å².